The van der Waals surface area contributed by atoms with Crippen molar-refractivity contribution in [3.63, 3.8) is 0 Å². The molecule has 0 saturated carbocycles. The van der Waals surface area contributed by atoms with Gasteiger partial charge in [0.1, 0.15) is 0 Å². The van der Waals surface area contributed by atoms with Crippen molar-refractivity contribution in [2.45, 2.75) is 0 Å². The van der Waals surface area contributed by atoms with Gasteiger partial charge in [-0.1, -0.05) is 158 Å². The molecule has 0 aliphatic heterocycles. The van der Waals surface area contributed by atoms with Crippen LogP contribution in [0.1, 0.15) is 0 Å². The van der Waals surface area contributed by atoms with E-state index in [2.05, 4.69) is 216 Å². The quantitative estimate of drug-likeness (QED) is 0.169. The Balaban J connectivity index is 1.27. The van der Waals surface area contributed by atoms with Gasteiger partial charge in [-0.15, -0.1) is 0 Å². The maximum Gasteiger partial charge on any atom is 0.0562 e. The summed E-state index contributed by atoms with van der Waals surface area (Å²) >= 11 is 0. The zero-order valence-electron chi connectivity index (χ0n) is 27.5. The van der Waals surface area contributed by atoms with E-state index in [1.165, 1.54) is 55.2 Å². The van der Waals surface area contributed by atoms with Gasteiger partial charge in [-0.3, -0.25) is 0 Å². The van der Waals surface area contributed by atoms with E-state index in [4.69, 9.17) is 0 Å². The van der Waals surface area contributed by atoms with E-state index in [9.17, 15) is 0 Å². The van der Waals surface area contributed by atoms with Gasteiger partial charge in [0.2, 0.25) is 0 Å². The smallest absolute Gasteiger partial charge is 0.0562 e. The first-order valence-corrected chi connectivity index (χ1v) is 17.1. The molecule has 0 bridgehead atoms. The molecule has 9 rings (SSSR count). The van der Waals surface area contributed by atoms with Gasteiger partial charge in [0, 0.05) is 27.7 Å². The Morgan fingerprint density at radius 2 is 0.780 bits per heavy atom. The molecule has 2 heteroatoms. The van der Waals surface area contributed by atoms with Gasteiger partial charge in [-0.2, -0.15) is 0 Å². The second-order valence-electron chi connectivity index (χ2n) is 12.6. The fourth-order valence-electron chi connectivity index (χ4n) is 7.27. The molecule has 1 heterocycles. The molecule has 0 aliphatic rings. The van der Waals surface area contributed by atoms with E-state index < -0.39 is 0 Å². The molecule has 236 valence electrons. The summed E-state index contributed by atoms with van der Waals surface area (Å²) in [5.74, 6) is 0. The van der Waals surface area contributed by atoms with Crippen molar-refractivity contribution in [3.8, 4) is 39.1 Å². The van der Waals surface area contributed by atoms with Crippen LogP contribution < -0.4 is 4.90 Å². The molecule has 0 fully saturated rings. The van der Waals surface area contributed by atoms with E-state index in [0.717, 1.165) is 22.7 Å². The summed E-state index contributed by atoms with van der Waals surface area (Å²) in [6, 6.07) is 74.0. The van der Waals surface area contributed by atoms with Gasteiger partial charge in [0.05, 0.1) is 22.4 Å². The largest absolute Gasteiger partial charge is 0.310 e. The van der Waals surface area contributed by atoms with Crippen molar-refractivity contribution >= 4 is 38.9 Å². The zero-order chi connectivity index (χ0) is 33.3. The highest BCUT2D eigenvalue weighted by atomic mass is 15.1. The van der Waals surface area contributed by atoms with Crippen molar-refractivity contribution in [3.05, 3.63) is 206 Å². The van der Waals surface area contributed by atoms with Crippen molar-refractivity contribution in [2.75, 3.05) is 4.90 Å². The average molecular weight is 639 g/mol. The predicted molar refractivity (Wildman–Crippen MR) is 212 cm³/mol. The van der Waals surface area contributed by atoms with Crippen molar-refractivity contribution in [1.29, 1.82) is 0 Å². The van der Waals surface area contributed by atoms with Gasteiger partial charge < -0.3 is 9.47 Å². The highest BCUT2D eigenvalue weighted by Gasteiger charge is 2.22. The van der Waals surface area contributed by atoms with Crippen LogP contribution >= 0.6 is 0 Å². The normalized spacial score (nSPS) is 11.2. The number of nitrogens with zero attached hydrogens (tertiary/aromatic N) is 2. The van der Waals surface area contributed by atoms with Crippen LogP contribution in [0.25, 0.3) is 60.9 Å². The molecule has 0 spiro atoms. The summed E-state index contributed by atoms with van der Waals surface area (Å²) in [5, 5.41) is 2.43. The van der Waals surface area contributed by atoms with Crippen LogP contribution in [0.2, 0.25) is 0 Å². The molecule has 0 amide bonds. The second kappa shape index (κ2) is 12.8. The molecule has 0 unspecified atom stereocenters. The van der Waals surface area contributed by atoms with E-state index in [1.54, 1.807) is 0 Å². The molecule has 0 N–H and O–H groups in total. The van der Waals surface area contributed by atoms with Gasteiger partial charge in [-0.25, -0.2) is 0 Å². The molecule has 0 aliphatic carbocycles. The topological polar surface area (TPSA) is 8.17 Å². The number of aromatic nitrogens is 1. The standard InChI is InChI=1S/C48H34N2/c1-4-15-35(16-5-1)37-27-31-40(32-28-37)49(41-33-29-38(30-34-41)36-17-6-2-7-18-36)46-25-14-26-47-48(46)43-22-11-13-24-45(43)50(47)44-23-12-10-21-42(44)39-19-8-3-9-20-39/h1-34H. The summed E-state index contributed by atoms with van der Waals surface area (Å²) in [5.41, 5.74) is 14.0. The molecule has 9 aromatic rings. The van der Waals surface area contributed by atoms with Crippen molar-refractivity contribution < 1.29 is 0 Å². The number of hydrogen-bond acceptors (Lipinski definition) is 1. The van der Waals surface area contributed by atoms with E-state index in [0.29, 0.717) is 0 Å². The number of benzene rings is 8. The van der Waals surface area contributed by atoms with Crippen molar-refractivity contribution in [2.24, 2.45) is 0 Å². The summed E-state index contributed by atoms with van der Waals surface area (Å²) in [4.78, 5) is 2.41. The lowest BCUT2D eigenvalue weighted by Gasteiger charge is -2.27. The summed E-state index contributed by atoms with van der Waals surface area (Å²) in [6.45, 7) is 0. The Labute approximate surface area is 292 Å². The maximum atomic E-state index is 2.44. The van der Waals surface area contributed by atoms with Crippen LogP contribution in [0.5, 0.6) is 0 Å². The minimum absolute atomic E-state index is 1.10. The van der Waals surface area contributed by atoms with Crippen molar-refractivity contribution in [1.82, 2.24) is 4.57 Å². The number of rotatable bonds is 7. The fraction of sp³-hybridized carbons (Fsp3) is 0. The molecule has 8 aromatic carbocycles. The molecule has 2 nitrogen and oxygen atoms in total. The summed E-state index contributed by atoms with van der Waals surface area (Å²) < 4.78 is 2.44. The second-order valence-corrected chi connectivity index (χ2v) is 12.6. The van der Waals surface area contributed by atoms with E-state index in [1.807, 2.05) is 0 Å². The summed E-state index contributed by atoms with van der Waals surface area (Å²) in [7, 11) is 0. The highest BCUT2D eigenvalue weighted by molar-refractivity contribution is 6.17. The number of para-hydroxylation sites is 2. The van der Waals surface area contributed by atoms with Gasteiger partial charge in [0.15, 0.2) is 0 Å². The summed E-state index contributed by atoms with van der Waals surface area (Å²) in [6.07, 6.45) is 0. The third-order valence-electron chi connectivity index (χ3n) is 9.61. The Morgan fingerprint density at radius 1 is 0.320 bits per heavy atom. The van der Waals surface area contributed by atoms with Gasteiger partial charge >= 0.3 is 0 Å². The lowest BCUT2D eigenvalue weighted by Crippen LogP contribution is -2.10. The molecular formula is C48H34N2. The fourth-order valence-corrected chi connectivity index (χ4v) is 7.27. The molecule has 0 atom stereocenters. The first-order valence-electron chi connectivity index (χ1n) is 17.1. The lowest BCUT2D eigenvalue weighted by molar-refractivity contribution is 1.18. The molecule has 50 heavy (non-hydrogen) atoms. The van der Waals surface area contributed by atoms with E-state index >= 15 is 0 Å². The van der Waals surface area contributed by atoms with Crippen LogP contribution in [-0.2, 0) is 0 Å². The first-order chi connectivity index (χ1) is 24.8. The monoisotopic (exact) mass is 638 g/mol. The third kappa shape index (κ3) is 5.24. The number of hydrogen-bond donors (Lipinski definition) is 0. The lowest BCUT2D eigenvalue weighted by atomic mass is 10.0. The minimum atomic E-state index is 1.10. The zero-order valence-corrected chi connectivity index (χ0v) is 27.5. The van der Waals surface area contributed by atoms with E-state index in [-0.39, 0.29) is 0 Å². The number of anilines is 3. The number of fused-ring (bicyclic) bond motifs is 3. The molecule has 1 aromatic heterocycles. The predicted octanol–water partition coefficient (Wildman–Crippen LogP) is 13.3. The molecular weight excluding hydrogens is 605 g/mol. The molecule has 0 radical (unpaired) electrons. The minimum Gasteiger partial charge on any atom is -0.310 e. The van der Waals surface area contributed by atoms with Crippen LogP contribution in [-0.4, -0.2) is 4.57 Å². The Bertz CT molecular complexity index is 2470. The Hall–Kier alpha value is -6.64. The maximum absolute atomic E-state index is 2.44. The third-order valence-corrected chi connectivity index (χ3v) is 9.61. The Morgan fingerprint density at radius 3 is 1.38 bits per heavy atom. The van der Waals surface area contributed by atoms with Crippen LogP contribution in [0.3, 0.4) is 0 Å². The Kier molecular flexibility index (Phi) is 7.53. The van der Waals surface area contributed by atoms with Crippen LogP contribution in [0, 0.1) is 0 Å². The van der Waals surface area contributed by atoms with Crippen LogP contribution in [0.4, 0.5) is 17.1 Å². The SMILES string of the molecule is c1ccc(-c2ccc(N(c3ccc(-c4ccccc4)cc3)c3cccc4c3c3ccccc3n4-c3ccccc3-c3ccccc3)cc2)cc1. The van der Waals surface area contributed by atoms with Crippen LogP contribution in [0.15, 0.2) is 206 Å². The molecule has 0 saturated heterocycles. The van der Waals surface area contributed by atoms with Gasteiger partial charge in [0.25, 0.3) is 0 Å². The first kappa shape index (κ1) is 29.5. The highest BCUT2D eigenvalue weighted by Crippen LogP contribution is 2.45. The average Bonchev–Trinajstić information content (AvgIpc) is 3.54. The van der Waals surface area contributed by atoms with Gasteiger partial charge in [-0.05, 0) is 76.3 Å².